The van der Waals surface area contributed by atoms with Crippen LogP contribution in [0.25, 0.3) is 21.9 Å². The van der Waals surface area contributed by atoms with Crippen LogP contribution in [0.4, 0.5) is 13.6 Å². The number of amides is 2. The zero-order valence-electron chi connectivity index (χ0n) is 15.1. The number of pyridine rings is 1. The Bertz CT molecular complexity index is 1120. The van der Waals surface area contributed by atoms with Gasteiger partial charge in [0.25, 0.3) is 11.5 Å². The third-order valence-corrected chi connectivity index (χ3v) is 5.74. The second-order valence-electron chi connectivity index (χ2n) is 7.62. The van der Waals surface area contributed by atoms with E-state index in [1.54, 1.807) is 17.3 Å². The summed E-state index contributed by atoms with van der Waals surface area (Å²) >= 11 is 0. The molecule has 1 unspecified atom stereocenters. The molecule has 0 radical (unpaired) electrons. The minimum atomic E-state index is -2.81. The number of hydrogen-bond acceptors (Lipinski definition) is 3. The van der Waals surface area contributed by atoms with Crippen LogP contribution < -0.4 is 5.56 Å². The summed E-state index contributed by atoms with van der Waals surface area (Å²) in [5.74, 6) is -2.81. The molecule has 0 aliphatic carbocycles. The number of carbonyl (C=O) groups excluding carboxylic acids is 1. The Morgan fingerprint density at radius 2 is 2.11 bits per heavy atom. The van der Waals surface area contributed by atoms with Gasteiger partial charge in [-0.1, -0.05) is 0 Å². The molecule has 2 saturated heterocycles. The number of halogens is 2. The quantitative estimate of drug-likeness (QED) is 0.668. The zero-order valence-corrected chi connectivity index (χ0v) is 15.1. The number of fused-ring (bicyclic) bond motifs is 3. The standard InChI is InChI=1S/C18H20F2N6O2/c19-18(20)4-7-25(10-18)17(28)24-6-1-2-11(9-24)26-14-12-3-5-21-15(12)22-8-13(14)16(27)23-26/h3,5,8,11H,1-2,4,6-7,9-10H2,(H,21,22)(H,23,27). The van der Waals surface area contributed by atoms with Crippen LogP contribution in [0.5, 0.6) is 0 Å². The third kappa shape index (κ3) is 2.66. The number of carbonyl (C=O) groups is 1. The van der Waals surface area contributed by atoms with E-state index >= 15 is 0 Å². The van der Waals surface area contributed by atoms with Crippen LogP contribution in [0.15, 0.2) is 23.3 Å². The number of aromatic nitrogens is 4. The first-order valence-corrected chi connectivity index (χ1v) is 9.41. The van der Waals surface area contributed by atoms with Crippen LogP contribution in [-0.2, 0) is 0 Å². The van der Waals surface area contributed by atoms with Crippen LogP contribution in [0.3, 0.4) is 0 Å². The van der Waals surface area contributed by atoms with Gasteiger partial charge >= 0.3 is 6.03 Å². The van der Waals surface area contributed by atoms with Crippen molar-refractivity contribution in [1.29, 1.82) is 0 Å². The summed E-state index contributed by atoms with van der Waals surface area (Å²) in [4.78, 5) is 35.3. The van der Waals surface area contributed by atoms with Gasteiger partial charge in [-0.05, 0) is 18.9 Å². The van der Waals surface area contributed by atoms with Crippen molar-refractivity contribution < 1.29 is 13.6 Å². The van der Waals surface area contributed by atoms with Crippen LogP contribution >= 0.6 is 0 Å². The SMILES string of the molecule is O=C(N1CCCC(n2[nH]c(=O)c3cnc4[nH]ccc4c32)C1)N1CCC(F)(F)C1. The Kier molecular flexibility index (Phi) is 3.72. The van der Waals surface area contributed by atoms with Crippen molar-refractivity contribution in [2.24, 2.45) is 0 Å². The largest absolute Gasteiger partial charge is 0.346 e. The predicted octanol–water partition coefficient (Wildman–Crippen LogP) is 2.30. The molecule has 2 fully saturated rings. The van der Waals surface area contributed by atoms with Gasteiger partial charge < -0.3 is 14.8 Å². The van der Waals surface area contributed by atoms with E-state index in [4.69, 9.17) is 0 Å². The van der Waals surface area contributed by atoms with E-state index in [9.17, 15) is 18.4 Å². The van der Waals surface area contributed by atoms with Crippen molar-refractivity contribution in [3.63, 3.8) is 0 Å². The topological polar surface area (TPSA) is 90.0 Å². The normalized spacial score (nSPS) is 22.4. The second kappa shape index (κ2) is 6.05. The lowest BCUT2D eigenvalue weighted by Gasteiger charge is -2.35. The minimum Gasteiger partial charge on any atom is -0.346 e. The lowest BCUT2D eigenvalue weighted by molar-refractivity contribution is 0.0132. The number of nitrogens with zero attached hydrogens (tertiary/aromatic N) is 4. The molecule has 2 aliphatic heterocycles. The van der Waals surface area contributed by atoms with Crippen molar-refractivity contribution in [3.05, 3.63) is 28.8 Å². The second-order valence-corrected chi connectivity index (χ2v) is 7.62. The highest BCUT2D eigenvalue weighted by Gasteiger charge is 2.42. The summed E-state index contributed by atoms with van der Waals surface area (Å²) in [7, 11) is 0. The van der Waals surface area contributed by atoms with Gasteiger partial charge in [-0.15, -0.1) is 0 Å². The van der Waals surface area contributed by atoms with Gasteiger partial charge in [0.1, 0.15) is 5.65 Å². The number of nitrogens with one attached hydrogen (secondary N) is 2. The summed E-state index contributed by atoms with van der Waals surface area (Å²) in [6.45, 7) is 0.453. The molecule has 5 heterocycles. The molecule has 148 valence electrons. The average Bonchev–Trinajstić information content (AvgIpc) is 3.38. The molecule has 8 nitrogen and oxygen atoms in total. The first-order valence-electron chi connectivity index (χ1n) is 9.41. The van der Waals surface area contributed by atoms with Crippen LogP contribution in [0, 0.1) is 0 Å². The molecule has 28 heavy (non-hydrogen) atoms. The molecule has 0 spiro atoms. The molecule has 5 rings (SSSR count). The van der Waals surface area contributed by atoms with Gasteiger partial charge in [-0.3, -0.25) is 14.6 Å². The van der Waals surface area contributed by atoms with E-state index in [1.165, 1.54) is 4.90 Å². The average molecular weight is 390 g/mol. The minimum absolute atomic E-state index is 0.0753. The van der Waals surface area contributed by atoms with Crippen molar-refractivity contribution in [1.82, 2.24) is 29.5 Å². The lowest BCUT2D eigenvalue weighted by Crippen LogP contribution is -2.47. The van der Waals surface area contributed by atoms with Crippen molar-refractivity contribution in [3.8, 4) is 0 Å². The molecule has 0 saturated carbocycles. The summed E-state index contributed by atoms with van der Waals surface area (Å²) in [5.41, 5.74) is 1.21. The van der Waals surface area contributed by atoms with Gasteiger partial charge in [0.15, 0.2) is 0 Å². The molecule has 10 heteroatoms. The number of urea groups is 1. The smallest absolute Gasteiger partial charge is 0.320 e. The number of aromatic amines is 2. The molecule has 2 aliphatic rings. The first-order chi connectivity index (χ1) is 13.4. The van der Waals surface area contributed by atoms with E-state index in [0.717, 1.165) is 23.7 Å². The number of hydrogen-bond donors (Lipinski definition) is 2. The van der Waals surface area contributed by atoms with Crippen LogP contribution in [-0.4, -0.2) is 67.7 Å². The lowest BCUT2D eigenvalue weighted by atomic mass is 10.1. The molecule has 0 aromatic carbocycles. The van der Waals surface area contributed by atoms with E-state index in [0.29, 0.717) is 24.1 Å². The number of likely N-dealkylation sites (tertiary alicyclic amines) is 2. The van der Waals surface area contributed by atoms with Crippen molar-refractivity contribution in [2.75, 3.05) is 26.2 Å². The molecule has 0 bridgehead atoms. The first kappa shape index (κ1) is 17.2. The molecule has 2 amide bonds. The maximum atomic E-state index is 13.5. The Morgan fingerprint density at radius 3 is 2.89 bits per heavy atom. The van der Waals surface area contributed by atoms with Crippen LogP contribution in [0.2, 0.25) is 0 Å². The Balaban J connectivity index is 1.46. The van der Waals surface area contributed by atoms with Crippen molar-refractivity contribution >= 4 is 28.0 Å². The molecular formula is C18H20F2N6O2. The number of piperidine rings is 1. The summed E-state index contributed by atoms with van der Waals surface area (Å²) < 4.78 is 28.8. The molecule has 3 aromatic rings. The Hall–Kier alpha value is -2.91. The van der Waals surface area contributed by atoms with E-state index in [2.05, 4.69) is 15.1 Å². The highest BCUT2D eigenvalue weighted by atomic mass is 19.3. The fourth-order valence-corrected chi connectivity index (χ4v) is 4.36. The maximum absolute atomic E-state index is 13.5. The van der Waals surface area contributed by atoms with E-state index in [-0.39, 0.29) is 30.6 Å². The van der Waals surface area contributed by atoms with Gasteiger partial charge in [0, 0.05) is 43.8 Å². The third-order valence-electron chi connectivity index (χ3n) is 5.74. The highest BCUT2D eigenvalue weighted by Crippen LogP contribution is 2.31. The van der Waals surface area contributed by atoms with E-state index < -0.39 is 12.5 Å². The molecule has 3 aromatic heterocycles. The maximum Gasteiger partial charge on any atom is 0.320 e. The fraction of sp³-hybridized carbons (Fsp3) is 0.500. The van der Waals surface area contributed by atoms with Crippen LogP contribution in [0.1, 0.15) is 25.3 Å². The number of rotatable bonds is 1. The van der Waals surface area contributed by atoms with Gasteiger partial charge in [-0.25, -0.2) is 18.6 Å². The van der Waals surface area contributed by atoms with Crippen molar-refractivity contribution in [2.45, 2.75) is 31.2 Å². The highest BCUT2D eigenvalue weighted by molar-refractivity contribution is 6.02. The Morgan fingerprint density at radius 1 is 1.25 bits per heavy atom. The summed E-state index contributed by atoms with van der Waals surface area (Å²) in [6, 6.07) is 1.38. The van der Waals surface area contributed by atoms with Gasteiger partial charge in [0.05, 0.1) is 23.5 Å². The number of H-pyrrole nitrogens is 2. The van der Waals surface area contributed by atoms with E-state index in [1.807, 2.05) is 10.7 Å². The van der Waals surface area contributed by atoms with Gasteiger partial charge in [0.2, 0.25) is 0 Å². The monoisotopic (exact) mass is 390 g/mol. The summed E-state index contributed by atoms with van der Waals surface area (Å²) in [6.07, 6.45) is 4.55. The molecule has 1 atom stereocenters. The number of alkyl halides is 2. The predicted molar refractivity (Wildman–Crippen MR) is 98.6 cm³/mol. The zero-order chi connectivity index (χ0) is 19.5. The summed E-state index contributed by atoms with van der Waals surface area (Å²) in [5, 5.41) is 4.21. The Labute approximate surface area is 158 Å². The fourth-order valence-electron chi connectivity index (χ4n) is 4.36. The molecule has 2 N–H and O–H groups in total. The van der Waals surface area contributed by atoms with Gasteiger partial charge in [-0.2, -0.15) is 0 Å². The molecular weight excluding hydrogens is 370 g/mol.